The molecular formula is C71H128NO8P. The second-order valence-electron chi connectivity index (χ2n) is 22.7. The number of carbonyl (C=O) groups is 2. The molecule has 3 N–H and O–H groups in total. The van der Waals surface area contributed by atoms with E-state index in [1.54, 1.807) is 0 Å². The fourth-order valence-electron chi connectivity index (χ4n) is 9.76. The maximum absolute atomic E-state index is 12.7. The van der Waals surface area contributed by atoms with E-state index in [0.717, 1.165) is 89.9 Å². The first-order valence-corrected chi connectivity index (χ1v) is 35.6. The number of esters is 2. The lowest BCUT2D eigenvalue weighted by Crippen LogP contribution is -2.29. The Morgan fingerprint density at radius 1 is 0.383 bits per heavy atom. The van der Waals surface area contributed by atoms with Gasteiger partial charge in [0.25, 0.3) is 0 Å². The van der Waals surface area contributed by atoms with Crippen LogP contribution in [0.15, 0.2) is 85.1 Å². The normalized spacial score (nSPS) is 13.5. The summed E-state index contributed by atoms with van der Waals surface area (Å²) in [6.07, 6.45) is 88.3. The second kappa shape index (κ2) is 66.3. The van der Waals surface area contributed by atoms with Crippen LogP contribution in [0, 0.1) is 0 Å². The number of allylic oxidation sites excluding steroid dienone is 14. The van der Waals surface area contributed by atoms with Crippen LogP contribution in [0.2, 0.25) is 0 Å². The zero-order chi connectivity index (χ0) is 58.7. The average Bonchev–Trinajstić information content (AvgIpc) is 3.46. The number of phosphoric ester groups is 1. The first-order chi connectivity index (χ1) is 39.8. The third-order valence-corrected chi connectivity index (χ3v) is 15.7. The van der Waals surface area contributed by atoms with E-state index in [4.69, 9.17) is 24.3 Å². The molecule has 81 heavy (non-hydrogen) atoms. The first-order valence-electron chi connectivity index (χ1n) is 34.1. The molecule has 470 valence electrons. The van der Waals surface area contributed by atoms with Crippen LogP contribution in [0.1, 0.15) is 322 Å². The van der Waals surface area contributed by atoms with Gasteiger partial charge in [0.1, 0.15) is 6.61 Å². The van der Waals surface area contributed by atoms with Crippen LogP contribution in [0.4, 0.5) is 0 Å². The molecule has 2 atom stereocenters. The topological polar surface area (TPSA) is 134 Å². The molecule has 0 saturated heterocycles. The van der Waals surface area contributed by atoms with E-state index in [-0.39, 0.29) is 38.6 Å². The monoisotopic (exact) mass is 1150 g/mol. The minimum absolute atomic E-state index is 0.0476. The van der Waals surface area contributed by atoms with Crippen LogP contribution in [-0.4, -0.2) is 49.3 Å². The molecule has 10 heteroatoms. The lowest BCUT2D eigenvalue weighted by molar-refractivity contribution is -0.161. The van der Waals surface area contributed by atoms with Gasteiger partial charge in [0.2, 0.25) is 0 Å². The van der Waals surface area contributed by atoms with Crippen molar-refractivity contribution in [2.75, 3.05) is 26.4 Å². The number of nitrogens with two attached hydrogens (primary N) is 1. The molecule has 0 heterocycles. The molecule has 0 bridgehead atoms. The highest BCUT2D eigenvalue weighted by Gasteiger charge is 2.26. The zero-order valence-corrected chi connectivity index (χ0v) is 53.7. The number of phosphoric acid groups is 1. The Hall–Kier alpha value is -2.81. The van der Waals surface area contributed by atoms with Gasteiger partial charge < -0.3 is 20.1 Å². The number of ether oxygens (including phenoxy) is 2. The summed E-state index contributed by atoms with van der Waals surface area (Å²) in [7, 11) is -4.40. The summed E-state index contributed by atoms with van der Waals surface area (Å²) in [6.45, 7) is 3.63. The van der Waals surface area contributed by atoms with Crippen molar-refractivity contribution in [3.8, 4) is 0 Å². The van der Waals surface area contributed by atoms with Crippen LogP contribution in [-0.2, 0) is 32.7 Å². The standard InChI is InChI=1S/C71H128NO8P/c1-3-5-7-9-11-13-15-17-19-21-23-25-26-27-28-29-30-31-32-33-34-35-36-37-38-39-40-41-42-44-45-47-49-51-53-55-57-59-61-63-70(73)77-67-69(68-79-81(75,76)78-66-65-72)80-71(74)64-62-60-58-56-54-52-50-48-46-43-24-22-20-18-16-14-12-10-8-6-4-2/h6,8,12,14-15,17-18,20-21,23-24,43,48,50,69H,3-5,7,9-11,13,16,19,22,25-42,44-47,49,51-68,72H2,1-2H3,(H,75,76)/b8-6-,14-12-,17-15-,20-18-,23-21-,43-24-,50-48-. The van der Waals surface area contributed by atoms with Crippen molar-refractivity contribution in [3.05, 3.63) is 85.1 Å². The summed E-state index contributed by atoms with van der Waals surface area (Å²) in [5, 5.41) is 0. The van der Waals surface area contributed by atoms with Crippen molar-refractivity contribution in [1.82, 2.24) is 0 Å². The van der Waals surface area contributed by atoms with E-state index in [0.29, 0.717) is 6.42 Å². The minimum Gasteiger partial charge on any atom is -0.462 e. The molecule has 0 aliphatic rings. The molecule has 0 rings (SSSR count). The molecule has 0 aromatic carbocycles. The highest BCUT2D eigenvalue weighted by Crippen LogP contribution is 2.43. The van der Waals surface area contributed by atoms with E-state index in [2.05, 4.69) is 98.9 Å². The number of rotatable bonds is 64. The van der Waals surface area contributed by atoms with Gasteiger partial charge in [0.15, 0.2) is 6.10 Å². The van der Waals surface area contributed by atoms with E-state index >= 15 is 0 Å². The molecule has 0 radical (unpaired) electrons. The summed E-state index contributed by atoms with van der Waals surface area (Å²) < 4.78 is 33.1. The molecule has 0 spiro atoms. The van der Waals surface area contributed by atoms with Crippen LogP contribution in [0.25, 0.3) is 0 Å². The Labute approximate surface area is 500 Å². The van der Waals surface area contributed by atoms with Crippen LogP contribution < -0.4 is 5.73 Å². The van der Waals surface area contributed by atoms with Gasteiger partial charge in [0.05, 0.1) is 13.2 Å². The Morgan fingerprint density at radius 2 is 0.679 bits per heavy atom. The smallest absolute Gasteiger partial charge is 0.462 e. The van der Waals surface area contributed by atoms with Gasteiger partial charge in [-0.25, -0.2) is 4.57 Å². The minimum atomic E-state index is -4.40. The van der Waals surface area contributed by atoms with Crippen molar-refractivity contribution >= 4 is 19.8 Å². The number of carbonyl (C=O) groups excluding carboxylic acids is 2. The second-order valence-corrected chi connectivity index (χ2v) is 24.1. The highest BCUT2D eigenvalue weighted by atomic mass is 31.2. The van der Waals surface area contributed by atoms with Crippen LogP contribution in [0.5, 0.6) is 0 Å². The predicted octanol–water partition coefficient (Wildman–Crippen LogP) is 22.2. The van der Waals surface area contributed by atoms with Gasteiger partial charge in [-0.1, -0.05) is 304 Å². The summed E-state index contributed by atoms with van der Waals surface area (Å²) in [6, 6.07) is 0. The molecule has 0 amide bonds. The molecule has 0 aromatic rings. The molecule has 2 unspecified atom stereocenters. The van der Waals surface area contributed by atoms with E-state index < -0.39 is 26.5 Å². The van der Waals surface area contributed by atoms with Gasteiger partial charge in [-0.3, -0.25) is 18.6 Å². The van der Waals surface area contributed by atoms with E-state index in [1.165, 1.54) is 199 Å². The largest absolute Gasteiger partial charge is 0.472 e. The average molecular weight is 1150 g/mol. The lowest BCUT2D eigenvalue weighted by Gasteiger charge is -2.19. The molecule has 0 saturated carbocycles. The van der Waals surface area contributed by atoms with Crippen LogP contribution in [0.3, 0.4) is 0 Å². The van der Waals surface area contributed by atoms with Crippen molar-refractivity contribution < 1.29 is 37.6 Å². The fourth-order valence-corrected chi connectivity index (χ4v) is 10.5. The summed E-state index contributed by atoms with van der Waals surface area (Å²) in [4.78, 5) is 35.3. The van der Waals surface area contributed by atoms with Crippen molar-refractivity contribution in [2.45, 2.75) is 328 Å². The third kappa shape index (κ3) is 66.2. The van der Waals surface area contributed by atoms with Crippen LogP contribution >= 0.6 is 7.82 Å². The first kappa shape index (κ1) is 78.2. The number of hydrogen-bond donors (Lipinski definition) is 2. The maximum Gasteiger partial charge on any atom is 0.472 e. The number of hydrogen-bond acceptors (Lipinski definition) is 8. The predicted molar refractivity (Wildman–Crippen MR) is 349 cm³/mol. The Bertz CT molecular complexity index is 1600. The Balaban J connectivity index is 3.81. The van der Waals surface area contributed by atoms with E-state index in [9.17, 15) is 19.0 Å². The maximum atomic E-state index is 12.7. The number of unbranched alkanes of at least 4 members (excludes halogenated alkanes) is 37. The third-order valence-electron chi connectivity index (χ3n) is 14.8. The quantitative estimate of drug-likeness (QED) is 0.0264. The highest BCUT2D eigenvalue weighted by molar-refractivity contribution is 7.47. The Morgan fingerprint density at radius 3 is 1.01 bits per heavy atom. The van der Waals surface area contributed by atoms with E-state index in [1.807, 2.05) is 0 Å². The van der Waals surface area contributed by atoms with Crippen molar-refractivity contribution in [3.63, 3.8) is 0 Å². The van der Waals surface area contributed by atoms with Gasteiger partial charge >= 0.3 is 19.8 Å². The SMILES string of the molecule is CC/C=C\C/C=C\C/C=C\C/C=C\C/C=C\CCCCCCCC(=O)OC(COC(=O)CCCCCCCCCCCCCCCCCCCCCCCCCCCCC/C=C\C/C=C\CCCCCCC)COP(=O)(O)OCCN. The van der Waals surface area contributed by atoms with Gasteiger partial charge in [-0.15, -0.1) is 0 Å². The van der Waals surface area contributed by atoms with Crippen molar-refractivity contribution in [1.29, 1.82) is 0 Å². The lowest BCUT2D eigenvalue weighted by atomic mass is 10.0. The fraction of sp³-hybridized carbons (Fsp3) is 0.775. The zero-order valence-electron chi connectivity index (χ0n) is 52.8. The summed E-state index contributed by atoms with van der Waals surface area (Å²) in [5.41, 5.74) is 5.39. The van der Waals surface area contributed by atoms with Gasteiger partial charge in [0, 0.05) is 19.4 Å². The molecule has 0 aromatic heterocycles. The molecule has 9 nitrogen and oxygen atoms in total. The molecule has 0 fully saturated rings. The summed E-state index contributed by atoms with van der Waals surface area (Å²) in [5.74, 6) is -0.841. The van der Waals surface area contributed by atoms with Crippen molar-refractivity contribution in [2.24, 2.45) is 5.73 Å². The van der Waals surface area contributed by atoms with Gasteiger partial charge in [-0.2, -0.15) is 0 Å². The molecular weight excluding hydrogens is 1030 g/mol. The molecule has 0 aliphatic heterocycles. The Kier molecular flexibility index (Phi) is 64.0. The summed E-state index contributed by atoms with van der Waals surface area (Å²) >= 11 is 0. The molecule has 0 aliphatic carbocycles. The van der Waals surface area contributed by atoms with Gasteiger partial charge in [-0.05, 0) is 89.9 Å².